The quantitative estimate of drug-likeness (QED) is 0.0148. The van der Waals surface area contributed by atoms with Gasteiger partial charge >= 0.3 is 27.6 Å². The Balaban J connectivity index is 2.34. The normalized spacial score (nSPS) is 17.6. The van der Waals surface area contributed by atoms with Gasteiger partial charge in [-0.15, -0.1) is 0 Å². The number of phosphoric acid groups is 2. The monoisotopic (exact) mass is 897 g/mol. The molecular formula is C44H82O14P2. The first-order chi connectivity index (χ1) is 28.8. The molecule has 1 heterocycles. The van der Waals surface area contributed by atoms with Gasteiger partial charge in [-0.2, -0.15) is 0 Å². The van der Waals surface area contributed by atoms with Gasteiger partial charge in [-0.3, -0.25) is 23.2 Å². The van der Waals surface area contributed by atoms with Gasteiger partial charge in [0.1, 0.15) is 12.7 Å². The molecule has 0 saturated carbocycles. The highest BCUT2D eigenvalue weighted by molar-refractivity contribution is 7.47. The second-order valence-corrected chi connectivity index (χ2v) is 18.8. The lowest BCUT2D eigenvalue weighted by Gasteiger charge is -2.20. The van der Waals surface area contributed by atoms with E-state index in [9.17, 15) is 28.7 Å². The smallest absolute Gasteiger partial charge is 0.462 e. The van der Waals surface area contributed by atoms with Crippen molar-refractivity contribution in [3.8, 4) is 0 Å². The van der Waals surface area contributed by atoms with Crippen LogP contribution in [0.2, 0.25) is 0 Å². The van der Waals surface area contributed by atoms with Gasteiger partial charge in [-0.25, -0.2) is 9.13 Å². The zero-order chi connectivity index (χ0) is 44.2. The standard InChI is InChI=1S/C44H82O14P2/c1-3-5-7-9-11-12-13-14-15-16-17-18-19-20-21-25-29-33-43(46)53-37-40(38-56-60(51,52)55-36-39(45)35-54-59(48,49)50)57-44(47)34-30-26-22-24-28-32-42-41(58-42)31-27-23-10-8-6-4-2/h14-15,23,27,39-42,45H,3-13,16-22,24-26,28-38H2,1-2H3,(H,51,52)(H2,48,49,50)/b15-14-,27-23-/t39-,40+,41?,42?/m0/s1. The summed E-state index contributed by atoms with van der Waals surface area (Å²) in [5.41, 5.74) is 0. The molecule has 14 nitrogen and oxygen atoms in total. The average Bonchev–Trinajstić information content (AvgIpc) is 3.96. The molecule has 1 aliphatic rings. The fourth-order valence-electron chi connectivity index (χ4n) is 6.58. The number of hydrogen-bond acceptors (Lipinski definition) is 11. The molecule has 5 atom stereocenters. The molecule has 0 aromatic carbocycles. The van der Waals surface area contributed by atoms with Crippen LogP contribution >= 0.6 is 15.6 Å². The predicted molar refractivity (Wildman–Crippen MR) is 234 cm³/mol. The van der Waals surface area contributed by atoms with Crippen LogP contribution in [-0.2, 0) is 46.5 Å². The number of hydrogen-bond donors (Lipinski definition) is 4. The number of esters is 2. The van der Waals surface area contributed by atoms with Crippen LogP contribution in [0, 0.1) is 0 Å². The summed E-state index contributed by atoms with van der Waals surface area (Å²) < 4.78 is 53.6. The van der Waals surface area contributed by atoms with Crippen LogP contribution in [0.4, 0.5) is 0 Å². The molecular weight excluding hydrogens is 814 g/mol. The molecule has 1 saturated heterocycles. The molecule has 352 valence electrons. The Kier molecular flexibility index (Phi) is 34.9. The van der Waals surface area contributed by atoms with Crippen molar-refractivity contribution in [2.24, 2.45) is 0 Å². The lowest BCUT2D eigenvalue weighted by atomic mass is 10.1. The molecule has 0 aromatic rings. The van der Waals surface area contributed by atoms with Crippen molar-refractivity contribution in [3.63, 3.8) is 0 Å². The van der Waals surface area contributed by atoms with Crippen molar-refractivity contribution >= 4 is 27.6 Å². The Morgan fingerprint density at radius 1 is 0.567 bits per heavy atom. The van der Waals surface area contributed by atoms with E-state index in [0.29, 0.717) is 25.0 Å². The van der Waals surface area contributed by atoms with Crippen molar-refractivity contribution < 1.29 is 66.3 Å². The zero-order valence-electron chi connectivity index (χ0n) is 37.0. The Morgan fingerprint density at radius 3 is 1.63 bits per heavy atom. The van der Waals surface area contributed by atoms with Crippen LogP contribution in [-0.4, -0.2) is 82.6 Å². The van der Waals surface area contributed by atoms with Crippen molar-refractivity contribution in [3.05, 3.63) is 24.3 Å². The van der Waals surface area contributed by atoms with Crippen LogP contribution < -0.4 is 0 Å². The minimum atomic E-state index is -4.87. The molecule has 60 heavy (non-hydrogen) atoms. The van der Waals surface area contributed by atoms with Gasteiger partial charge in [0.25, 0.3) is 0 Å². The van der Waals surface area contributed by atoms with Gasteiger partial charge in [-0.05, 0) is 64.2 Å². The fourth-order valence-corrected chi connectivity index (χ4v) is 7.74. The highest BCUT2D eigenvalue weighted by Crippen LogP contribution is 2.44. The number of epoxide rings is 1. The van der Waals surface area contributed by atoms with Gasteiger partial charge in [0.05, 0.1) is 32.0 Å². The van der Waals surface area contributed by atoms with Crippen molar-refractivity contribution in [1.82, 2.24) is 0 Å². The van der Waals surface area contributed by atoms with E-state index in [-0.39, 0.29) is 12.8 Å². The summed E-state index contributed by atoms with van der Waals surface area (Å²) in [4.78, 5) is 52.8. The molecule has 0 aliphatic carbocycles. The van der Waals surface area contributed by atoms with Crippen molar-refractivity contribution in [1.29, 1.82) is 0 Å². The highest BCUT2D eigenvalue weighted by atomic mass is 31.2. The molecule has 0 spiro atoms. The summed E-state index contributed by atoms with van der Waals surface area (Å²) in [6.45, 7) is 1.72. The van der Waals surface area contributed by atoms with E-state index in [1.165, 1.54) is 77.0 Å². The number of aliphatic hydroxyl groups excluding tert-OH is 1. The maximum Gasteiger partial charge on any atom is 0.472 e. The molecule has 1 aliphatic heterocycles. The minimum Gasteiger partial charge on any atom is -0.462 e. The molecule has 4 N–H and O–H groups in total. The Bertz CT molecular complexity index is 1230. The maximum absolute atomic E-state index is 12.7. The Morgan fingerprint density at radius 2 is 1.03 bits per heavy atom. The Hall–Kier alpha value is -1.44. The third kappa shape index (κ3) is 37.1. The summed E-state index contributed by atoms with van der Waals surface area (Å²) in [6, 6.07) is 0. The van der Waals surface area contributed by atoms with Crippen LogP contribution in [0.25, 0.3) is 0 Å². The number of carbonyl (C=O) groups is 2. The third-order valence-corrected chi connectivity index (χ3v) is 11.7. The number of allylic oxidation sites excluding steroid dienone is 3. The first kappa shape index (κ1) is 56.6. The number of ether oxygens (including phenoxy) is 3. The maximum atomic E-state index is 12.7. The lowest BCUT2D eigenvalue weighted by molar-refractivity contribution is -0.161. The van der Waals surface area contributed by atoms with Crippen molar-refractivity contribution in [2.75, 3.05) is 26.4 Å². The van der Waals surface area contributed by atoms with E-state index in [2.05, 4.69) is 42.7 Å². The van der Waals surface area contributed by atoms with E-state index >= 15 is 0 Å². The first-order valence-corrected chi connectivity index (χ1v) is 26.2. The van der Waals surface area contributed by atoms with Gasteiger partial charge in [-0.1, -0.05) is 141 Å². The van der Waals surface area contributed by atoms with Crippen LogP contribution in [0.15, 0.2) is 24.3 Å². The number of rotatable bonds is 43. The Labute approximate surface area is 361 Å². The number of aliphatic hydroxyl groups is 1. The molecule has 0 radical (unpaired) electrons. The lowest BCUT2D eigenvalue weighted by Crippen LogP contribution is -2.30. The van der Waals surface area contributed by atoms with Gasteiger partial charge in [0, 0.05) is 12.8 Å². The van der Waals surface area contributed by atoms with Crippen LogP contribution in [0.3, 0.4) is 0 Å². The summed E-state index contributed by atoms with van der Waals surface area (Å²) in [5.74, 6) is -1.05. The summed E-state index contributed by atoms with van der Waals surface area (Å²) in [6.07, 6.45) is 36.1. The molecule has 16 heteroatoms. The second kappa shape index (κ2) is 37.0. The molecule has 3 unspecified atom stereocenters. The van der Waals surface area contributed by atoms with E-state index < -0.39 is 66.2 Å². The molecule has 1 fully saturated rings. The average molecular weight is 897 g/mol. The molecule has 0 bridgehead atoms. The highest BCUT2D eigenvalue weighted by Gasteiger charge is 2.36. The molecule has 1 rings (SSSR count). The topological polar surface area (TPSA) is 208 Å². The number of phosphoric ester groups is 2. The first-order valence-electron chi connectivity index (χ1n) is 23.2. The van der Waals surface area contributed by atoms with Crippen molar-refractivity contribution in [2.45, 2.75) is 218 Å². The van der Waals surface area contributed by atoms with Crippen LogP contribution in [0.1, 0.15) is 194 Å². The largest absolute Gasteiger partial charge is 0.472 e. The van der Waals surface area contributed by atoms with Gasteiger partial charge < -0.3 is 34.0 Å². The third-order valence-electron chi connectivity index (χ3n) is 10.2. The van der Waals surface area contributed by atoms with E-state index in [4.69, 9.17) is 33.0 Å². The summed E-state index contributed by atoms with van der Waals surface area (Å²) in [5, 5.41) is 9.76. The summed E-state index contributed by atoms with van der Waals surface area (Å²) in [7, 11) is -9.68. The number of unbranched alkanes of at least 4 members (excludes halogenated alkanes) is 20. The van der Waals surface area contributed by atoms with Crippen LogP contribution in [0.5, 0.6) is 0 Å². The van der Waals surface area contributed by atoms with E-state index in [0.717, 1.165) is 77.0 Å². The predicted octanol–water partition coefficient (Wildman–Crippen LogP) is 10.9. The van der Waals surface area contributed by atoms with E-state index in [1.54, 1.807) is 0 Å². The molecule has 0 amide bonds. The van der Waals surface area contributed by atoms with Gasteiger partial charge in [0.15, 0.2) is 6.10 Å². The molecule has 0 aromatic heterocycles. The van der Waals surface area contributed by atoms with Gasteiger partial charge in [0.2, 0.25) is 0 Å². The number of carbonyl (C=O) groups excluding carboxylic acids is 2. The SMILES string of the molecule is CCCCC/C=C\CC1OC1CCCCCCCC(=O)O[C@H](COC(=O)CCCCCCCCC/C=C\CCCCCCCC)COP(=O)(O)OC[C@@H](O)COP(=O)(O)O. The second-order valence-electron chi connectivity index (χ2n) is 16.1. The zero-order valence-corrected chi connectivity index (χ0v) is 38.8. The minimum absolute atomic E-state index is 0.109. The van der Waals surface area contributed by atoms with E-state index in [1.807, 2.05) is 0 Å². The summed E-state index contributed by atoms with van der Waals surface area (Å²) >= 11 is 0. The fraction of sp³-hybridized carbons (Fsp3) is 0.864.